The van der Waals surface area contributed by atoms with Gasteiger partial charge >= 0.3 is 0 Å². The van der Waals surface area contributed by atoms with Gasteiger partial charge in [-0.15, -0.1) is 0 Å². The van der Waals surface area contributed by atoms with Crippen LogP contribution >= 0.6 is 0 Å². The van der Waals surface area contributed by atoms with Crippen LogP contribution in [0.15, 0.2) is 18.3 Å². The van der Waals surface area contributed by atoms with Gasteiger partial charge in [0.2, 0.25) is 0 Å². The Bertz CT molecular complexity index is 574. The van der Waals surface area contributed by atoms with Crippen LogP contribution in [0.4, 0.5) is 5.69 Å². The molecule has 1 aliphatic rings. The molecule has 2 atom stereocenters. The van der Waals surface area contributed by atoms with Crippen LogP contribution in [0.2, 0.25) is 0 Å². The first kappa shape index (κ1) is 17.7. The van der Waals surface area contributed by atoms with Crippen LogP contribution < -0.4 is 10.2 Å². The Balaban J connectivity index is 2.17. The number of aromatic nitrogens is 1. The summed E-state index contributed by atoms with van der Waals surface area (Å²) in [5.74, 6) is -0.272. The van der Waals surface area contributed by atoms with E-state index in [9.17, 15) is 9.90 Å². The molecule has 1 heterocycles. The number of aliphatic hydroxyl groups excluding tert-OH is 1. The van der Waals surface area contributed by atoms with E-state index >= 15 is 0 Å². The molecule has 1 fully saturated rings. The van der Waals surface area contributed by atoms with Crippen LogP contribution in [-0.4, -0.2) is 54.9 Å². The molecule has 0 aliphatic heterocycles. The largest absolute Gasteiger partial charge is 0.394 e. The first-order valence-corrected chi connectivity index (χ1v) is 7.96. The zero-order valence-corrected chi connectivity index (χ0v) is 14.6. The molecule has 0 spiro atoms. The lowest BCUT2D eigenvalue weighted by Gasteiger charge is -2.60. The second-order valence-electron chi connectivity index (χ2n) is 6.86. The number of rotatable bonds is 6. The molecule has 128 valence electrons. The highest BCUT2D eigenvalue weighted by molar-refractivity contribution is 5.93. The zero-order chi connectivity index (χ0) is 17.3. The average molecular weight is 321 g/mol. The number of aliphatic hydroxyl groups is 1. The third kappa shape index (κ3) is 3.05. The highest BCUT2D eigenvalue weighted by Gasteiger charge is 2.61. The lowest BCUT2D eigenvalue weighted by atomic mass is 9.54. The predicted molar refractivity (Wildman–Crippen MR) is 89.7 cm³/mol. The number of ether oxygens (including phenoxy) is 1. The summed E-state index contributed by atoms with van der Waals surface area (Å²) in [6, 6.07) is 3.59. The van der Waals surface area contributed by atoms with Gasteiger partial charge in [-0.05, 0) is 19.1 Å². The van der Waals surface area contributed by atoms with E-state index in [-0.39, 0.29) is 24.0 Å². The van der Waals surface area contributed by atoms with Gasteiger partial charge < -0.3 is 20.1 Å². The van der Waals surface area contributed by atoms with Gasteiger partial charge in [-0.1, -0.05) is 13.8 Å². The first-order valence-electron chi connectivity index (χ1n) is 7.96. The minimum atomic E-state index is -0.681. The number of hydrogen-bond donors (Lipinski definition) is 2. The van der Waals surface area contributed by atoms with E-state index < -0.39 is 5.54 Å². The molecule has 2 unspecified atom stereocenters. The Morgan fingerprint density at radius 2 is 2.22 bits per heavy atom. The molecule has 0 aromatic carbocycles. The second kappa shape index (κ2) is 6.45. The number of hydrogen-bond acceptors (Lipinski definition) is 5. The summed E-state index contributed by atoms with van der Waals surface area (Å²) in [5.41, 5.74) is 0.231. The number of carbonyl (C=O) groups excluding carboxylic acids is 1. The fraction of sp³-hybridized carbons (Fsp3) is 0.647. The number of amides is 1. The van der Waals surface area contributed by atoms with Crippen molar-refractivity contribution in [2.75, 3.05) is 32.2 Å². The molecular formula is C17H27N3O3. The molecule has 0 radical (unpaired) electrons. The number of anilines is 1. The summed E-state index contributed by atoms with van der Waals surface area (Å²) in [6.07, 6.45) is 2.25. The smallest absolute Gasteiger partial charge is 0.270 e. The molecule has 6 heteroatoms. The highest BCUT2D eigenvalue weighted by atomic mass is 16.5. The lowest BCUT2D eigenvalue weighted by molar-refractivity contribution is -0.172. The van der Waals surface area contributed by atoms with Gasteiger partial charge in [0.05, 0.1) is 18.2 Å². The summed E-state index contributed by atoms with van der Waals surface area (Å²) >= 11 is 0. The fourth-order valence-corrected chi connectivity index (χ4v) is 3.10. The normalized spacial score (nSPS) is 25.6. The fourth-order valence-electron chi connectivity index (χ4n) is 3.10. The number of pyridine rings is 1. The van der Waals surface area contributed by atoms with Crippen molar-refractivity contribution in [1.29, 1.82) is 0 Å². The molecule has 1 aromatic rings. The maximum absolute atomic E-state index is 12.6. The minimum Gasteiger partial charge on any atom is -0.394 e. The van der Waals surface area contributed by atoms with Gasteiger partial charge in [-0.3, -0.25) is 9.78 Å². The molecule has 1 saturated carbocycles. The second-order valence-corrected chi connectivity index (χ2v) is 6.86. The van der Waals surface area contributed by atoms with Crippen molar-refractivity contribution >= 4 is 11.6 Å². The number of nitrogens with zero attached hydrogens (tertiary/aromatic N) is 2. The van der Waals surface area contributed by atoms with Crippen LogP contribution in [0.1, 0.15) is 37.7 Å². The Kier molecular flexibility index (Phi) is 4.96. The van der Waals surface area contributed by atoms with E-state index in [1.54, 1.807) is 12.3 Å². The monoisotopic (exact) mass is 321 g/mol. The molecular weight excluding hydrogens is 294 g/mol. The Morgan fingerprint density at radius 1 is 1.52 bits per heavy atom. The van der Waals surface area contributed by atoms with Crippen LogP contribution in [0, 0.1) is 5.41 Å². The van der Waals surface area contributed by atoms with Gasteiger partial charge in [0.25, 0.3) is 5.91 Å². The summed E-state index contributed by atoms with van der Waals surface area (Å²) in [6.45, 7) is 6.47. The van der Waals surface area contributed by atoms with E-state index in [0.29, 0.717) is 18.7 Å². The first-order chi connectivity index (χ1) is 10.8. The van der Waals surface area contributed by atoms with E-state index in [4.69, 9.17) is 4.74 Å². The average Bonchev–Trinajstić information content (AvgIpc) is 2.53. The van der Waals surface area contributed by atoms with Gasteiger partial charge in [-0.25, -0.2) is 0 Å². The Hall–Kier alpha value is -1.66. The quantitative estimate of drug-likeness (QED) is 0.829. The van der Waals surface area contributed by atoms with Crippen LogP contribution in [0.5, 0.6) is 0 Å². The third-order valence-corrected chi connectivity index (χ3v) is 5.06. The van der Waals surface area contributed by atoms with Gasteiger partial charge in [0.15, 0.2) is 0 Å². The predicted octanol–water partition coefficient (Wildman–Crippen LogP) is 1.44. The summed E-state index contributed by atoms with van der Waals surface area (Å²) < 4.78 is 5.70. The minimum absolute atomic E-state index is 0.0287. The summed E-state index contributed by atoms with van der Waals surface area (Å²) in [5, 5.41) is 12.9. The zero-order valence-electron chi connectivity index (χ0n) is 14.6. The topological polar surface area (TPSA) is 74.7 Å². The SMILES string of the molecule is CCOC1CC(CO)(NC(=O)c2cc(N(C)C)ccn2)C1(C)C. The third-order valence-electron chi connectivity index (χ3n) is 5.06. The Morgan fingerprint density at radius 3 is 2.74 bits per heavy atom. The molecule has 23 heavy (non-hydrogen) atoms. The molecule has 2 rings (SSSR count). The van der Waals surface area contributed by atoms with E-state index in [1.165, 1.54) is 0 Å². The standard InChI is InChI=1S/C17H27N3O3/c1-6-23-14-10-17(11-21,16(14,2)3)19-15(22)13-9-12(20(4)5)7-8-18-13/h7-9,14,21H,6,10-11H2,1-5H3,(H,19,22). The molecule has 1 amide bonds. The van der Waals surface area contributed by atoms with Crippen molar-refractivity contribution in [3.8, 4) is 0 Å². The van der Waals surface area contributed by atoms with Gasteiger partial charge in [-0.2, -0.15) is 0 Å². The molecule has 0 saturated heterocycles. The lowest BCUT2D eigenvalue weighted by Crippen LogP contribution is -2.74. The Labute approximate surface area is 137 Å². The van der Waals surface area contributed by atoms with Crippen molar-refractivity contribution in [3.63, 3.8) is 0 Å². The highest BCUT2D eigenvalue weighted by Crippen LogP contribution is 2.51. The molecule has 1 aliphatic carbocycles. The molecule has 0 bridgehead atoms. The van der Waals surface area contributed by atoms with Gasteiger partial charge in [0, 0.05) is 44.4 Å². The van der Waals surface area contributed by atoms with E-state index in [2.05, 4.69) is 10.3 Å². The van der Waals surface area contributed by atoms with Crippen molar-refractivity contribution in [1.82, 2.24) is 10.3 Å². The van der Waals surface area contributed by atoms with Crippen LogP contribution in [-0.2, 0) is 4.74 Å². The van der Waals surface area contributed by atoms with Crippen LogP contribution in [0.25, 0.3) is 0 Å². The maximum Gasteiger partial charge on any atom is 0.270 e. The molecule has 6 nitrogen and oxygen atoms in total. The van der Waals surface area contributed by atoms with Crippen molar-refractivity contribution in [2.24, 2.45) is 5.41 Å². The van der Waals surface area contributed by atoms with Crippen molar-refractivity contribution < 1.29 is 14.6 Å². The number of carbonyl (C=O) groups is 1. The molecule has 2 N–H and O–H groups in total. The number of nitrogens with one attached hydrogen (secondary N) is 1. The maximum atomic E-state index is 12.6. The van der Waals surface area contributed by atoms with E-state index in [1.807, 2.05) is 45.8 Å². The van der Waals surface area contributed by atoms with Crippen LogP contribution in [0.3, 0.4) is 0 Å². The summed E-state index contributed by atoms with van der Waals surface area (Å²) in [4.78, 5) is 18.7. The van der Waals surface area contributed by atoms with Crippen molar-refractivity contribution in [2.45, 2.75) is 38.8 Å². The van der Waals surface area contributed by atoms with E-state index in [0.717, 1.165) is 5.69 Å². The van der Waals surface area contributed by atoms with Crippen molar-refractivity contribution in [3.05, 3.63) is 24.0 Å². The molecule has 1 aromatic heterocycles. The van der Waals surface area contributed by atoms with Gasteiger partial charge in [0.1, 0.15) is 5.69 Å². The summed E-state index contributed by atoms with van der Waals surface area (Å²) in [7, 11) is 3.82.